The molecule has 2 aliphatic rings. The smallest absolute Gasteiger partial charge is 0.261 e. The summed E-state index contributed by atoms with van der Waals surface area (Å²) >= 11 is 0. The second kappa shape index (κ2) is 8.81. The van der Waals surface area contributed by atoms with E-state index in [9.17, 15) is 0 Å². The fraction of sp³-hybridized carbons (Fsp3) is 0.0976. The number of furan rings is 1. The number of hydrogen-bond acceptors (Lipinski definition) is 2. The Bertz CT molecular complexity index is 2530. The molecule has 1 aliphatic heterocycles. The molecule has 0 saturated heterocycles. The van der Waals surface area contributed by atoms with E-state index in [1.165, 1.54) is 49.1 Å². The number of nitrogens with zero attached hydrogens (tertiary/aromatic N) is 2. The lowest BCUT2D eigenvalue weighted by Crippen LogP contribution is -3.21. The molecule has 4 nitrogen and oxygen atoms in total. The first-order valence-corrected chi connectivity index (χ1v) is 15.7. The number of quaternary nitrogens is 1. The SMILES string of the molecule is CC1(C)c2ccccc2-c2c1ccc1c2c2ccccc2n1[NH+]1C(c2ccccc2)=NC1c1cccc2c1oc1ccccc12. The Hall–Kier alpha value is -5.45. The Balaban J connectivity index is 1.28. The minimum absolute atomic E-state index is 0.0664. The molecule has 2 unspecified atom stereocenters. The predicted molar refractivity (Wildman–Crippen MR) is 183 cm³/mol. The van der Waals surface area contributed by atoms with Crippen molar-refractivity contribution in [3.8, 4) is 11.1 Å². The number of aromatic nitrogens is 1. The summed E-state index contributed by atoms with van der Waals surface area (Å²) in [4.78, 5) is 5.36. The molecular weight excluding hydrogens is 550 g/mol. The molecular formula is C41H30N3O+. The van der Waals surface area contributed by atoms with Gasteiger partial charge in [0.15, 0.2) is 0 Å². The number of nitrogens with one attached hydrogen (secondary N) is 1. The van der Waals surface area contributed by atoms with Crippen LogP contribution in [0.5, 0.6) is 0 Å². The average Bonchev–Trinajstić information content (AvgIpc) is 3.68. The van der Waals surface area contributed by atoms with Crippen LogP contribution >= 0.6 is 0 Å². The third kappa shape index (κ3) is 3.22. The van der Waals surface area contributed by atoms with Crippen molar-refractivity contribution in [2.75, 3.05) is 0 Å². The van der Waals surface area contributed by atoms with Gasteiger partial charge in [-0.1, -0.05) is 111 Å². The first-order valence-electron chi connectivity index (χ1n) is 15.7. The number of fused-ring (bicyclic) bond motifs is 10. The largest absolute Gasteiger partial charge is 0.455 e. The number of amidine groups is 1. The quantitative estimate of drug-likeness (QED) is 0.223. The summed E-state index contributed by atoms with van der Waals surface area (Å²) in [7, 11) is 0. The normalized spacial score (nSPS) is 18.3. The van der Waals surface area contributed by atoms with Crippen molar-refractivity contribution in [1.82, 2.24) is 4.68 Å². The van der Waals surface area contributed by atoms with Gasteiger partial charge >= 0.3 is 0 Å². The van der Waals surface area contributed by atoms with E-state index in [1.807, 2.05) is 6.07 Å². The molecule has 2 aromatic heterocycles. The third-order valence-electron chi connectivity index (χ3n) is 10.2. The maximum absolute atomic E-state index is 6.55. The van der Waals surface area contributed by atoms with E-state index >= 15 is 0 Å². The summed E-state index contributed by atoms with van der Waals surface area (Å²) in [5.74, 6) is 1.03. The Morgan fingerprint density at radius 1 is 0.644 bits per heavy atom. The zero-order valence-electron chi connectivity index (χ0n) is 25.1. The summed E-state index contributed by atoms with van der Waals surface area (Å²) in [5, 5.41) is 6.03. The van der Waals surface area contributed by atoms with Gasteiger partial charge in [0, 0.05) is 27.0 Å². The van der Waals surface area contributed by atoms with Crippen LogP contribution in [0, 0.1) is 0 Å². The second-order valence-corrected chi connectivity index (χ2v) is 12.9. The van der Waals surface area contributed by atoms with Gasteiger partial charge in [-0.2, -0.15) is 14.7 Å². The van der Waals surface area contributed by atoms with Crippen molar-refractivity contribution in [3.63, 3.8) is 0 Å². The fourth-order valence-corrected chi connectivity index (χ4v) is 8.08. The van der Waals surface area contributed by atoms with Gasteiger partial charge in [-0.05, 0) is 58.7 Å². The van der Waals surface area contributed by atoms with Crippen LogP contribution < -0.4 is 5.01 Å². The highest BCUT2D eigenvalue weighted by Gasteiger charge is 2.45. The molecule has 214 valence electrons. The van der Waals surface area contributed by atoms with E-state index in [1.54, 1.807) is 0 Å². The molecule has 2 atom stereocenters. The fourth-order valence-electron chi connectivity index (χ4n) is 8.08. The molecule has 1 N–H and O–H groups in total. The minimum Gasteiger partial charge on any atom is -0.455 e. The number of hydrogen-bond donors (Lipinski definition) is 1. The molecule has 0 spiro atoms. The van der Waals surface area contributed by atoms with Gasteiger partial charge in [-0.3, -0.25) is 0 Å². The molecule has 0 radical (unpaired) electrons. The van der Waals surface area contributed by atoms with Crippen molar-refractivity contribution in [2.45, 2.75) is 25.4 Å². The molecule has 10 rings (SSSR count). The van der Waals surface area contributed by atoms with E-state index in [0.717, 1.165) is 38.9 Å². The maximum Gasteiger partial charge on any atom is 0.261 e. The molecule has 3 heterocycles. The van der Waals surface area contributed by atoms with E-state index in [0.29, 0.717) is 0 Å². The Morgan fingerprint density at radius 2 is 1.38 bits per heavy atom. The zero-order chi connectivity index (χ0) is 29.9. The number of aliphatic imine (C=N–C) groups is 1. The summed E-state index contributed by atoms with van der Waals surface area (Å²) in [6.07, 6.45) is -0.180. The van der Waals surface area contributed by atoms with Crippen LogP contribution in [0.3, 0.4) is 0 Å². The molecule has 0 fully saturated rings. The number of para-hydroxylation sites is 3. The van der Waals surface area contributed by atoms with Crippen LogP contribution in [0.15, 0.2) is 143 Å². The Kier molecular flexibility index (Phi) is 4.88. The van der Waals surface area contributed by atoms with Crippen LogP contribution in [0.2, 0.25) is 0 Å². The topological polar surface area (TPSA) is 34.9 Å². The molecule has 45 heavy (non-hydrogen) atoms. The standard InChI is InChI=1S/C41H29N3O/c1-41(2)31-20-9-6-16-28(31)36-32(41)23-24-34-37(36)29-17-7-10-21-33(29)43(34)44-39(25-13-4-3-5-14-25)42-40(44)30-19-12-18-27-26-15-8-11-22-35(26)45-38(27)30/h3-24,40H,1-2H3/p+1. The molecule has 6 aromatic carbocycles. The summed E-state index contributed by atoms with van der Waals surface area (Å²) in [6, 6.07) is 47.9. The van der Waals surface area contributed by atoms with E-state index in [2.05, 4.69) is 146 Å². The van der Waals surface area contributed by atoms with E-state index < -0.39 is 0 Å². The van der Waals surface area contributed by atoms with E-state index in [-0.39, 0.29) is 11.6 Å². The van der Waals surface area contributed by atoms with E-state index in [4.69, 9.17) is 9.41 Å². The molecule has 4 heteroatoms. The van der Waals surface area contributed by atoms with Crippen molar-refractivity contribution >= 4 is 49.6 Å². The van der Waals surface area contributed by atoms with Crippen molar-refractivity contribution in [2.24, 2.45) is 4.99 Å². The van der Waals surface area contributed by atoms with Gasteiger partial charge in [0.25, 0.3) is 5.84 Å². The average molecular weight is 581 g/mol. The third-order valence-corrected chi connectivity index (χ3v) is 10.2. The van der Waals surface area contributed by atoms with Gasteiger partial charge in [0.1, 0.15) is 22.2 Å². The predicted octanol–water partition coefficient (Wildman–Crippen LogP) is 8.81. The van der Waals surface area contributed by atoms with Gasteiger partial charge in [0.2, 0.25) is 6.17 Å². The summed E-state index contributed by atoms with van der Waals surface area (Å²) in [5.41, 5.74) is 11.9. The molecule has 0 amide bonds. The summed E-state index contributed by atoms with van der Waals surface area (Å²) < 4.78 is 9.04. The Labute approximate surface area is 260 Å². The lowest BCUT2D eigenvalue weighted by Gasteiger charge is -2.35. The van der Waals surface area contributed by atoms with Gasteiger partial charge in [0.05, 0.1) is 11.1 Å². The van der Waals surface area contributed by atoms with Crippen molar-refractivity contribution < 1.29 is 9.43 Å². The molecule has 1 aliphatic carbocycles. The Morgan fingerprint density at radius 3 is 2.27 bits per heavy atom. The van der Waals surface area contributed by atoms with Gasteiger partial charge in [-0.15, -0.1) is 0 Å². The highest BCUT2D eigenvalue weighted by atomic mass is 16.3. The monoisotopic (exact) mass is 580 g/mol. The molecule has 0 saturated carbocycles. The summed E-state index contributed by atoms with van der Waals surface area (Å²) in [6.45, 7) is 4.71. The van der Waals surface area contributed by atoms with Gasteiger partial charge in [-0.25, -0.2) is 0 Å². The van der Waals surface area contributed by atoms with Crippen molar-refractivity contribution in [1.29, 1.82) is 0 Å². The maximum atomic E-state index is 6.55. The lowest BCUT2D eigenvalue weighted by atomic mass is 9.82. The van der Waals surface area contributed by atoms with Crippen LogP contribution in [-0.4, -0.2) is 10.5 Å². The zero-order valence-corrected chi connectivity index (χ0v) is 25.1. The lowest BCUT2D eigenvalue weighted by molar-refractivity contribution is -0.901. The number of benzene rings is 6. The van der Waals surface area contributed by atoms with Crippen molar-refractivity contribution in [3.05, 3.63) is 156 Å². The van der Waals surface area contributed by atoms with Crippen LogP contribution in [0.25, 0.3) is 54.9 Å². The first kappa shape index (κ1) is 24.9. The van der Waals surface area contributed by atoms with Crippen LogP contribution in [0.1, 0.15) is 42.3 Å². The molecule has 0 bridgehead atoms. The van der Waals surface area contributed by atoms with Crippen LogP contribution in [0.4, 0.5) is 0 Å². The molecule has 8 aromatic rings. The highest BCUT2D eigenvalue weighted by molar-refractivity contribution is 6.17. The first-order chi connectivity index (χ1) is 22.1. The number of rotatable bonds is 3. The van der Waals surface area contributed by atoms with Crippen LogP contribution in [-0.2, 0) is 5.41 Å². The highest BCUT2D eigenvalue weighted by Crippen LogP contribution is 2.52. The second-order valence-electron chi connectivity index (χ2n) is 12.9. The minimum atomic E-state index is -0.180. The van der Waals surface area contributed by atoms with Gasteiger partial charge < -0.3 is 4.42 Å².